The summed E-state index contributed by atoms with van der Waals surface area (Å²) in [5, 5.41) is 13.7. The Labute approximate surface area is 214 Å². The number of fused-ring (bicyclic) bond motifs is 1. The molecule has 0 bridgehead atoms. The number of aromatic nitrogens is 4. The van der Waals surface area contributed by atoms with E-state index >= 15 is 0 Å². The Morgan fingerprint density at radius 3 is 2.81 bits per heavy atom. The van der Waals surface area contributed by atoms with Gasteiger partial charge >= 0.3 is 0 Å². The number of ether oxygens (including phenoxy) is 1. The summed E-state index contributed by atoms with van der Waals surface area (Å²) in [6.07, 6.45) is 6.72. The largest absolute Gasteiger partial charge is 0.479 e. The predicted molar refractivity (Wildman–Crippen MR) is 145 cm³/mol. The van der Waals surface area contributed by atoms with Crippen LogP contribution in [-0.4, -0.2) is 52.1 Å². The molecule has 3 aromatic heterocycles. The fourth-order valence-electron chi connectivity index (χ4n) is 4.24. The SMILES string of the molecule is C=CC(=O)Nc1ccnc(-c2cccc3cnc(Nc4ccc(NC5CCNCC5)nc4OC)nc23)c1. The number of para-hydroxylation sites is 1. The number of piperidine rings is 1. The van der Waals surface area contributed by atoms with Crippen LogP contribution < -0.4 is 26.0 Å². The maximum atomic E-state index is 11.7. The number of rotatable bonds is 8. The first-order chi connectivity index (χ1) is 18.1. The number of amides is 1. The molecule has 4 aromatic rings. The molecule has 4 heterocycles. The van der Waals surface area contributed by atoms with Crippen molar-refractivity contribution in [2.75, 3.05) is 36.1 Å². The molecule has 0 atom stereocenters. The lowest BCUT2D eigenvalue weighted by Crippen LogP contribution is -2.35. The van der Waals surface area contributed by atoms with Crippen LogP contribution in [-0.2, 0) is 4.79 Å². The summed E-state index contributed by atoms with van der Waals surface area (Å²) in [4.78, 5) is 30.1. The first-order valence-corrected chi connectivity index (χ1v) is 12.1. The average molecular weight is 497 g/mol. The predicted octanol–water partition coefficient (Wildman–Crippen LogP) is 4.13. The monoisotopic (exact) mass is 496 g/mol. The second-order valence-corrected chi connectivity index (χ2v) is 8.61. The third-order valence-corrected chi connectivity index (χ3v) is 6.09. The van der Waals surface area contributed by atoms with E-state index in [2.05, 4.69) is 42.8 Å². The Morgan fingerprint density at radius 2 is 2.00 bits per heavy atom. The molecule has 1 aliphatic heterocycles. The number of carbonyl (C=O) groups excluding carboxylic acids is 1. The van der Waals surface area contributed by atoms with Crippen molar-refractivity contribution in [3.63, 3.8) is 0 Å². The van der Waals surface area contributed by atoms with Gasteiger partial charge in [-0.3, -0.25) is 9.78 Å². The van der Waals surface area contributed by atoms with E-state index in [1.807, 2.05) is 30.3 Å². The molecule has 188 valence electrons. The highest BCUT2D eigenvalue weighted by Crippen LogP contribution is 2.30. The molecular formula is C27H28N8O2. The van der Waals surface area contributed by atoms with Gasteiger partial charge in [0.15, 0.2) is 0 Å². The van der Waals surface area contributed by atoms with E-state index in [9.17, 15) is 4.79 Å². The van der Waals surface area contributed by atoms with Crippen LogP contribution in [0.2, 0.25) is 0 Å². The number of nitrogens with zero attached hydrogens (tertiary/aromatic N) is 4. The van der Waals surface area contributed by atoms with E-state index in [0.29, 0.717) is 34.9 Å². The lowest BCUT2D eigenvalue weighted by Gasteiger charge is -2.24. The zero-order valence-corrected chi connectivity index (χ0v) is 20.5. The van der Waals surface area contributed by atoms with Crippen molar-refractivity contribution in [3.8, 4) is 17.1 Å². The van der Waals surface area contributed by atoms with Gasteiger partial charge in [-0.1, -0.05) is 24.8 Å². The van der Waals surface area contributed by atoms with Gasteiger partial charge in [-0.2, -0.15) is 4.98 Å². The minimum atomic E-state index is -0.289. The molecule has 0 unspecified atom stereocenters. The first-order valence-electron chi connectivity index (χ1n) is 12.1. The Hall–Kier alpha value is -4.57. The maximum absolute atomic E-state index is 11.7. The summed E-state index contributed by atoms with van der Waals surface area (Å²) in [6, 6.07) is 13.5. The third-order valence-electron chi connectivity index (χ3n) is 6.09. The average Bonchev–Trinajstić information content (AvgIpc) is 2.94. The van der Waals surface area contributed by atoms with Gasteiger partial charge in [0.25, 0.3) is 0 Å². The standard InChI is InChI=1S/C27H28N8O2/c1-3-24(36)32-19-11-14-29-22(15-19)20-6-4-5-17-16-30-27(35-25(17)20)33-21-7-8-23(34-26(21)37-2)31-18-9-12-28-13-10-18/h3-8,11,14-16,18,28H,1,9-10,12-13H2,2H3,(H,31,34)(H,29,32,36)(H,30,33,35). The molecule has 0 spiro atoms. The molecule has 1 saturated heterocycles. The molecule has 1 fully saturated rings. The number of anilines is 4. The number of methoxy groups -OCH3 is 1. The number of carbonyl (C=O) groups is 1. The van der Waals surface area contributed by atoms with Crippen molar-refractivity contribution in [2.24, 2.45) is 0 Å². The van der Waals surface area contributed by atoms with Crippen LogP contribution in [0.1, 0.15) is 12.8 Å². The second kappa shape index (κ2) is 11.0. The smallest absolute Gasteiger partial charge is 0.247 e. The van der Waals surface area contributed by atoms with E-state index in [0.717, 1.165) is 48.2 Å². The van der Waals surface area contributed by atoms with E-state index in [1.54, 1.807) is 31.6 Å². The molecule has 10 nitrogen and oxygen atoms in total. The van der Waals surface area contributed by atoms with E-state index in [-0.39, 0.29) is 5.91 Å². The van der Waals surface area contributed by atoms with Crippen molar-refractivity contribution in [3.05, 3.63) is 67.5 Å². The molecule has 1 aromatic carbocycles. The number of hydrogen-bond acceptors (Lipinski definition) is 9. The fraction of sp³-hybridized carbons (Fsp3) is 0.222. The maximum Gasteiger partial charge on any atom is 0.247 e. The number of pyridine rings is 2. The van der Waals surface area contributed by atoms with Gasteiger partial charge in [-0.25, -0.2) is 9.97 Å². The van der Waals surface area contributed by atoms with Gasteiger partial charge in [0.1, 0.15) is 11.5 Å². The Kier molecular flexibility index (Phi) is 7.18. The molecule has 1 aliphatic rings. The molecule has 0 radical (unpaired) electrons. The Balaban J connectivity index is 1.42. The molecule has 10 heteroatoms. The van der Waals surface area contributed by atoms with Crippen LogP contribution in [0.3, 0.4) is 0 Å². The van der Waals surface area contributed by atoms with Crippen molar-refractivity contribution in [1.29, 1.82) is 0 Å². The normalized spacial score (nSPS) is 13.6. The van der Waals surface area contributed by atoms with Crippen molar-refractivity contribution >= 4 is 40.0 Å². The van der Waals surface area contributed by atoms with Crippen LogP contribution in [0.25, 0.3) is 22.2 Å². The fourth-order valence-corrected chi connectivity index (χ4v) is 4.24. The molecule has 0 saturated carbocycles. The summed E-state index contributed by atoms with van der Waals surface area (Å²) >= 11 is 0. The lowest BCUT2D eigenvalue weighted by molar-refractivity contribution is -0.111. The minimum Gasteiger partial charge on any atom is -0.479 e. The van der Waals surface area contributed by atoms with Gasteiger partial charge in [0.05, 0.1) is 18.3 Å². The van der Waals surface area contributed by atoms with Crippen molar-refractivity contribution in [2.45, 2.75) is 18.9 Å². The second-order valence-electron chi connectivity index (χ2n) is 8.61. The number of hydrogen-bond donors (Lipinski definition) is 4. The van der Waals surface area contributed by atoms with Crippen LogP contribution in [0.4, 0.5) is 23.1 Å². The topological polar surface area (TPSA) is 126 Å². The van der Waals surface area contributed by atoms with Gasteiger partial charge in [0, 0.05) is 35.1 Å². The number of nitrogens with one attached hydrogen (secondary N) is 4. The summed E-state index contributed by atoms with van der Waals surface area (Å²) < 4.78 is 5.55. The Bertz CT molecular complexity index is 1440. The molecule has 37 heavy (non-hydrogen) atoms. The van der Waals surface area contributed by atoms with Crippen LogP contribution in [0, 0.1) is 0 Å². The van der Waals surface area contributed by atoms with Crippen LogP contribution in [0.5, 0.6) is 5.88 Å². The van der Waals surface area contributed by atoms with Gasteiger partial charge in [-0.05, 0) is 56.3 Å². The summed E-state index contributed by atoms with van der Waals surface area (Å²) in [5.74, 6) is 1.33. The summed E-state index contributed by atoms with van der Waals surface area (Å²) in [6.45, 7) is 5.49. The van der Waals surface area contributed by atoms with E-state index in [4.69, 9.17) is 9.72 Å². The Morgan fingerprint density at radius 1 is 1.14 bits per heavy atom. The van der Waals surface area contributed by atoms with E-state index < -0.39 is 0 Å². The first kappa shape index (κ1) is 24.1. The van der Waals surface area contributed by atoms with Crippen LogP contribution in [0.15, 0.2) is 67.5 Å². The quantitative estimate of drug-likeness (QED) is 0.266. The van der Waals surface area contributed by atoms with Gasteiger partial charge in [-0.15, -0.1) is 0 Å². The lowest BCUT2D eigenvalue weighted by atomic mass is 10.1. The summed E-state index contributed by atoms with van der Waals surface area (Å²) in [7, 11) is 1.59. The third kappa shape index (κ3) is 5.65. The minimum absolute atomic E-state index is 0.289. The zero-order chi connectivity index (χ0) is 25.6. The summed E-state index contributed by atoms with van der Waals surface area (Å²) in [5.41, 5.74) is 3.47. The molecule has 0 aliphatic carbocycles. The van der Waals surface area contributed by atoms with Gasteiger partial charge < -0.3 is 26.0 Å². The highest BCUT2D eigenvalue weighted by Gasteiger charge is 2.16. The van der Waals surface area contributed by atoms with Crippen molar-refractivity contribution in [1.82, 2.24) is 25.3 Å². The zero-order valence-electron chi connectivity index (χ0n) is 20.5. The van der Waals surface area contributed by atoms with Crippen molar-refractivity contribution < 1.29 is 9.53 Å². The van der Waals surface area contributed by atoms with Crippen LogP contribution >= 0.6 is 0 Å². The molecule has 1 amide bonds. The van der Waals surface area contributed by atoms with E-state index in [1.165, 1.54) is 6.08 Å². The van der Waals surface area contributed by atoms with Gasteiger partial charge in [0.2, 0.25) is 17.7 Å². The molecular weight excluding hydrogens is 468 g/mol. The molecule has 5 rings (SSSR count). The molecule has 4 N–H and O–H groups in total. The number of benzene rings is 1. The highest BCUT2D eigenvalue weighted by atomic mass is 16.5. The highest BCUT2D eigenvalue weighted by molar-refractivity contribution is 5.99.